The van der Waals surface area contributed by atoms with Crippen LogP contribution in [0, 0.1) is 11.8 Å². The first-order valence-electron chi connectivity index (χ1n) is 12.8. The number of imidazole rings is 1. The Morgan fingerprint density at radius 2 is 1.92 bits per heavy atom. The van der Waals surface area contributed by atoms with Crippen LogP contribution in [0.1, 0.15) is 36.8 Å². The van der Waals surface area contributed by atoms with Gasteiger partial charge in [-0.05, 0) is 44.2 Å². The lowest BCUT2D eigenvalue weighted by Crippen LogP contribution is -2.55. The van der Waals surface area contributed by atoms with Crippen LogP contribution in [-0.4, -0.2) is 85.1 Å². The number of carbonyl (C=O) groups is 3. The number of aliphatic hydroxyl groups excluding tert-OH is 1. The van der Waals surface area contributed by atoms with Crippen LogP contribution in [0.15, 0.2) is 37.1 Å². The van der Waals surface area contributed by atoms with Gasteiger partial charge in [-0.3, -0.25) is 24.3 Å². The van der Waals surface area contributed by atoms with Crippen molar-refractivity contribution in [2.75, 3.05) is 41.8 Å². The summed E-state index contributed by atoms with van der Waals surface area (Å²) in [7, 11) is 1.56. The average Bonchev–Trinajstić information content (AvgIpc) is 3.31. The van der Waals surface area contributed by atoms with Gasteiger partial charge in [0.15, 0.2) is 17.3 Å². The zero-order chi connectivity index (χ0) is 27.4. The predicted octanol–water partition coefficient (Wildman–Crippen LogP) is 1.15. The average molecular weight is 532 g/mol. The number of nitrogens with zero attached hydrogens (tertiary/aromatic N) is 8. The molecule has 0 spiro atoms. The first-order chi connectivity index (χ1) is 18.7. The lowest BCUT2D eigenvalue weighted by Gasteiger charge is -2.38. The van der Waals surface area contributed by atoms with Gasteiger partial charge in [-0.1, -0.05) is 0 Å². The van der Waals surface area contributed by atoms with Crippen LogP contribution in [-0.2, 0) is 9.59 Å². The largest absolute Gasteiger partial charge is 0.356 e. The van der Waals surface area contributed by atoms with Crippen molar-refractivity contribution < 1.29 is 19.5 Å². The van der Waals surface area contributed by atoms with Crippen LogP contribution in [0.3, 0.4) is 0 Å². The molecule has 3 unspecified atom stereocenters. The number of pyridine rings is 1. The molecule has 1 saturated carbocycles. The van der Waals surface area contributed by atoms with Crippen molar-refractivity contribution in [3.63, 3.8) is 0 Å². The predicted molar refractivity (Wildman–Crippen MR) is 141 cm³/mol. The van der Waals surface area contributed by atoms with E-state index in [2.05, 4.69) is 30.2 Å². The van der Waals surface area contributed by atoms with E-state index in [1.807, 2.05) is 12.1 Å². The van der Waals surface area contributed by atoms with Crippen LogP contribution in [0.2, 0.25) is 0 Å². The standard InChI is InChI=1S/C26H29N9O4/c1-14(36)10-34-25(38)22-23(32(3)26(34)39)29-13-35(22)15(2)24(37)31-20-9-27-8-19(30-20)16-4-5-21(28-7-16)33-11-17-6-18(17)12-33/h4-5,7-9,13,15,17-18,26,39H,6,10-12H2,1-3H3,(H,30,31,37)/t15-,17?,18?,26?/m0/s1. The third kappa shape index (κ3) is 4.48. The molecule has 1 saturated heterocycles. The Morgan fingerprint density at radius 3 is 2.62 bits per heavy atom. The second kappa shape index (κ2) is 9.42. The number of nitrogens with one attached hydrogen (secondary N) is 1. The molecule has 0 aromatic carbocycles. The van der Waals surface area contributed by atoms with E-state index >= 15 is 0 Å². The van der Waals surface area contributed by atoms with E-state index in [4.69, 9.17) is 0 Å². The maximum absolute atomic E-state index is 13.2. The number of aromatic nitrogens is 5. The second-order valence-corrected chi connectivity index (χ2v) is 10.4. The molecule has 3 aromatic heterocycles. The molecule has 202 valence electrons. The number of carbonyl (C=O) groups excluding carboxylic acids is 3. The highest BCUT2D eigenvalue weighted by Gasteiger charge is 2.45. The van der Waals surface area contributed by atoms with Gasteiger partial charge in [-0.2, -0.15) is 0 Å². The minimum atomic E-state index is -1.34. The lowest BCUT2D eigenvalue weighted by molar-refractivity contribution is -0.120. The summed E-state index contributed by atoms with van der Waals surface area (Å²) in [6.07, 6.45) is 6.17. The third-order valence-corrected chi connectivity index (χ3v) is 7.62. The van der Waals surface area contributed by atoms with Crippen LogP contribution in [0.4, 0.5) is 17.5 Å². The van der Waals surface area contributed by atoms with Crippen LogP contribution >= 0.6 is 0 Å². The fraction of sp³-hybridized carbons (Fsp3) is 0.423. The number of aliphatic hydroxyl groups is 1. The van der Waals surface area contributed by atoms with Crippen LogP contribution in [0.5, 0.6) is 0 Å². The molecular formula is C26H29N9O4. The number of hydrogen-bond donors (Lipinski definition) is 2. The molecule has 2 fully saturated rings. The molecule has 39 heavy (non-hydrogen) atoms. The molecule has 3 aliphatic rings. The van der Waals surface area contributed by atoms with Crippen molar-refractivity contribution in [1.29, 1.82) is 0 Å². The summed E-state index contributed by atoms with van der Waals surface area (Å²) in [5.74, 6) is 1.74. The highest BCUT2D eigenvalue weighted by molar-refractivity contribution is 6.02. The first kappa shape index (κ1) is 24.9. The molecule has 6 rings (SSSR count). The number of fused-ring (bicyclic) bond motifs is 2. The molecule has 2 N–H and O–H groups in total. The Hall–Kier alpha value is -4.39. The van der Waals surface area contributed by atoms with Crippen molar-refractivity contribution in [3.05, 3.63) is 42.7 Å². The van der Waals surface area contributed by atoms with E-state index in [1.54, 1.807) is 26.4 Å². The lowest BCUT2D eigenvalue weighted by atomic mass is 10.2. The van der Waals surface area contributed by atoms with Crippen LogP contribution in [0.25, 0.3) is 11.3 Å². The minimum Gasteiger partial charge on any atom is -0.356 e. The summed E-state index contributed by atoms with van der Waals surface area (Å²) < 4.78 is 1.42. The molecule has 5 heterocycles. The summed E-state index contributed by atoms with van der Waals surface area (Å²) in [5.41, 5.74) is 1.45. The fourth-order valence-electron chi connectivity index (χ4n) is 5.29. The molecule has 0 bridgehead atoms. The number of amides is 2. The number of ketones is 1. The minimum absolute atomic E-state index is 0.105. The maximum atomic E-state index is 13.2. The van der Waals surface area contributed by atoms with Gasteiger partial charge in [-0.15, -0.1) is 0 Å². The molecule has 2 amide bonds. The van der Waals surface area contributed by atoms with Crippen molar-refractivity contribution >= 4 is 35.1 Å². The van der Waals surface area contributed by atoms with E-state index in [0.29, 0.717) is 5.69 Å². The maximum Gasteiger partial charge on any atom is 0.278 e. The van der Waals surface area contributed by atoms with E-state index in [0.717, 1.165) is 41.2 Å². The third-order valence-electron chi connectivity index (χ3n) is 7.62. The fourth-order valence-corrected chi connectivity index (χ4v) is 5.29. The van der Waals surface area contributed by atoms with E-state index in [9.17, 15) is 19.5 Å². The summed E-state index contributed by atoms with van der Waals surface area (Å²) in [5, 5.41) is 13.2. The second-order valence-electron chi connectivity index (χ2n) is 10.4. The Morgan fingerprint density at radius 1 is 1.15 bits per heavy atom. The summed E-state index contributed by atoms with van der Waals surface area (Å²) >= 11 is 0. The van der Waals surface area contributed by atoms with E-state index in [1.165, 1.54) is 35.3 Å². The smallest absolute Gasteiger partial charge is 0.278 e. The van der Waals surface area contributed by atoms with Gasteiger partial charge in [0.25, 0.3) is 5.91 Å². The van der Waals surface area contributed by atoms with Crippen molar-refractivity contribution in [2.45, 2.75) is 32.7 Å². The Kier molecular flexibility index (Phi) is 6.02. The molecular weight excluding hydrogens is 502 g/mol. The quantitative estimate of drug-likeness (QED) is 0.454. The molecule has 4 atom stereocenters. The SMILES string of the molecule is CC(=O)CN1C(=O)c2c(ncn2[C@@H](C)C(=O)Nc2cncc(-c3ccc(N4CC5CC5C4)nc3)n2)N(C)C1O. The number of piperidine rings is 1. The molecule has 0 radical (unpaired) electrons. The molecule has 1 aliphatic carbocycles. The molecule has 13 heteroatoms. The van der Waals surface area contributed by atoms with Gasteiger partial charge in [0.1, 0.15) is 17.6 Å². The molecule has 3 aromatic rings. The first-order valence-corrected chi connectivity index (χ1v) is 12.8. The number of Topliss-reactive ketones (excluding diaryl/α,β-unsaturated/α-hetero) is 1. The van der Waals surface area contributed by atoms with Gasteiger partial charge in [-0.25, -0.2) is 15.0 Å². The van der Waals surface area contributed by atoms with Gasteiger partial charge >= 0.3 is 0 Å². The summed E-state index contributed by atoms with van der Waals surface area (Å²) in [6.45, 7) is 4.81. The van der Waals surface area contributed by atoms with Crippen molar-refractivity contribution in [2.24, 2.45) is 11.8 Å². The normalized spacial score (nSPS) is 22.4. The van der Waals surface area contributed by atoms with Crippen LogP contribution < -0.4 is 15.1 Å². The number of rotatable bonds is 7. The highest BCUT2D eigenvalue weighted by atomic mass is 16.3. The Balaban J connectivity index is 1.18. The van der Waals surface area contributed by atoms with Gasteiger partial charge in [0.2, 0.25) is 12.3 Å². The summed E-state index contributed by atoms with van der Waals surface area (Å²) in [6, 6.07) is 3.08. The zero-order valence-electron chi connectivity index (χ0n) is 21.9. The van der Waals surface area contributed by atoms with Crippen molar-refractivity contribution in [1.82, 2.24) is 29.4 Å². The topological polar surface area (TPSA) is 150 Å². The molecule has 13 nitrogen and oxygen atoms in total. The molecule has 2 aliphatic heterocycles. The number of hydrogen-bond acceptors (Lipinski definition) is 10. The zero-order valence-corrected chi connectivity index (χ0v) is 21.9. The van der Waals surface area contributed by atoms with E-state index < -0.39 is 24.2 Å². The monoisotopic (exact) mass is 531 g/mol. The van der Waals surface area contributed by atoms with E-state index in [-0.39, 0.29) is 29.7 Å². The highest BCUT2D eigenvalue weighted by Crippen LogP contribution is 2.46. The number of anilines is 3. The Bertz CT molecular complexity index is 1450. The summed E-state index contributed by atoms with van der Waals surface area (Å²) in [4.78, 5) is 60.4. The van der Waals surface area contributed by atoms with Gasteiger partial charge in [0.05, 0.1) is 31.0 Å². The van der Waals surface area contributed by atoms with Crippen molar-refractivity contribution in [3.8, 4) is 11.3 Å². The van der Waals surface area contributed by atoms with Gasteiger partial charge < -0.3 is 24.8 Å². The van der Waals surface area contributed by atoms with Gasteiger partial charge in [0, 0.05) is 31.9 Å². The Labute approximate surface area is 224 Å².